The number of para-hydroxylation sites is 1. The number of nitrogens with zero attached hydrogens (tertiary/aromatic N) is 7. The number of hydrogen-bond donors (Lipinski definition) is 2. The summed E-state index contributed by atoms with van der Waals surface area (Å²) in [7, 11) is 5.72. The predicted octanol–water partition coefficient (Wildman–Crippen LogP) is 4.30. The molecule has 8 rings (SSSR count). The Morgan fingerprint density at radius 1 is 1.02 bits per heavy atom. The van der Waals surface area contributed by atoms with Crippen molar-refractivity contribution in [3.63, 3.8) is 0 Å². The van der Waals surface area contributed by atoms with E-state index in [1.54, 1.807) is 18.1 Å². The van der Waals surface area contributed by atoms with Gasteiger partial charge in [0, 0.05) is 68.0 Å². The summed E-state index contributed by atoms with van der Waals surface area (Å²) in [5, 5.41) is 11.8. The van der Waals surface area contributed by atoms with Crippen molar-refractivity contribution in [1.29, 1.82) is 0 Å². The van der Waals surface area contributed by atoms with Crippen LogP contribution in [-0.2, 0) is 21.4 Å². The zero-order valence-corrected chi connectivity index (χ0v) is 27.2. The number of hydrogen-bond acceptors (Lipinski definition) is 9. The molecule has 3 unspecified atom stereocenters. The van der Waals surface area contributed by atoms with E-state index in [1.807, 2.05) is 43.0 Å². The van der Waals surface area contributed by atoms with E-state index in [4.69, 9.17) is 21.7 Å². The fourth-order valence-corrected chi connectivity index (χ4v) is 8.23. The van der Waals surface area contributed by atoms with Gasteiger partial charge in [-0.05, 0) is 56.4 Å². The first kappa shape index (κ1) is 29.7. The molecule has 0 spiro atoms. The van der Waals surface area contributed by atoms with Gasteiger partial charge in [0.15, 0.2) is 5.82 Å². The van der Waals surface area contributed by atoms with Gasteiger partial charge in [0.05, 0.1) is 23.3 Å². The minimum atomic E-state index is -0.572. The third kappa shape index (κ3) is 4.88. The number of nitrogens with one attached hydrogen (secondary N) is 2. The number of aromatic nitrogens is 4. The molecule has 242 valence electrons. The molecule has 6 heterocycles. The average Bonchev–Trinajstić information content (AvgIpc) is 3.62. The molecule has 4 aliphatic heterocycles. The molecule has 0 radical (unpaired) electrons. The number of imide groups is 1. The van der Waals surface area contributed by atoms with E-state index in [2.05, 4.69) is 43.6 Å². The summed E-state index contributed by atoms with van der Waals surface area (Å²) in [6.07, 6.45) is 6.51. The van der Waals surface area contributed by atoms with E-state index in [1.165, 1.54) is 0 Å². The summed E-state index contributed by atoms with van der Waals surface area (Å²) in [6.45, 7) is 0. The van der Waals surface area contributed by atoms with Crippen LogP contribution < -0.4 is 25.3 Å². The van der Waals surface area contributed by atoms with Crippen molar-refractivity contribution in [3.05, 3.63) is 64.9 Å². The van der Waals surface area contributed by atoms with Gasteiger partial charge in [0.25, 0.3) is 5.91 Å². The SMILES string of the molecule is CN1C(=O)C(Nc2nc(N(C)C3C[C@H]4CC[C@@H](C3)N4c3ccc4c(C5CCC(=O)NC5=O)nn(C)c4c3)ncc2Cl)c2ccccc21. The molecule has 2 aromatic heterocycles. The summed E-state index contributed by atoms with van der Waals surface area (Å²) < 4.78 is 1.85. The van der Waals surface area contributed by atoms with E-state index in [-0.39, 0.29) is 23.8 Å². The van der Waals surface area contributed by atoms with Crippen molar-refractivity contribution in [2.45, 2.75) is 68.6 Å². The minimum absolute atomic E-state index is 0.0590. The smallest absolute Gasteiger partial charge is 0.254 e. The van der Waals surface area contributed by atoms with Crippen LogP contribution in [0.2, 0.25) is 5.02 Å². The van der Waals surface area contributed by atoms with Gasteiger partial charge in [-0.15, -0.1) is 0 Å². The molecule has 4 aliphatic rings. The molecule has 3 saturated heterocycles. The molecule has 4 aromatic rings. The zero-order valence-electron chi connectivity index (χ0n) is 26.5. The summed E-state index contributed by atoms with van der Waals surface area (Å²) in [5.74, 6) is 0.0279. The summed E-state index contributed by atoms with van der Waals surface area (Å²) in [5.41, 5.74) is 4.63. The van der Waals surface area contributed by atoms with Gasteiger partial charge in [-0.1, -0.05) is 29.8 Å². The number of likely N-dealkylation sites (N-methyl/N-ethyl adjacent to an activating group) is 1. The fraction of sp³-hybridized carbons (Fsp3) is 0.412. The van der Waals surface area contributed by atoms with E-state index >= 15 is 0 Å². The Bertz CT molecular complexity index is 1930. The molecule has 3 amide bonds. The molecular weight excluding hydrogens is 618 g/mol. The van der Waals surface area contributed by atoms with Crippen molar-refractivity contribution < 1.29 is 14.4 Å². The maximum Gasteiger partial charge on any atom is 0.254 e. The first-order valence-corrected chi connectivity index (χ1v) is 16.5. The Hall–Kier alpha value is -4.71. The van der Waals surface area contributed by atoms with Gasteiger partial charge in [0.2, 0.25) is 17.8 Å². The third-order valence-electron chi connectivity index (χ3n) is 10.5. The second-order valence-electron chi connectivity index (χ2n) is 13.1. The summed E-state index contributed by atoms with van der Waals surface area (Å²) in [4.78, 5) is 53.2. The fourth-order valence-electron chi connectivity index (χ4n) is 8.08. The highest BCUT2D eigenvalue weighted by Gasteiger charge is 2.43. The first-order valence-electron chi connectivity index (χ1n) is 16.1. The lowest BCUT2D eigenvalue weighted by molar-refractivity contribution is -0.134. The minimum Gasteiger partial charge on any atom is -0.365 e. The monoisotopic (exact) mass is 653 g/mol. The standard InChI is InChI=1S/C34H36ClN9O3/c1-41(34-36-17-25(35)31(39-34)38-30-22-6-4-5-7-26(22)42(2)33(30)47)21-14-18-8-9-19(15-21)44(18)20-10-11-23-27(16-20)43(3)40-29(23)24-12-13-28(45)37-32(24)46/h4-7,10-11,16-19,21,24,30H,8-9,12-15H2,1-3H3,(H,36,38,39)(H,37,45,46)/t18-,19+,21?,24?,30?. The van der Waals surface area contributed by atoms with Gasteiger partial charge in [0.1, 0.15) is 11.1 Å². The Morgan fingerprint density at radius 3 is 2.55 bits per heavy atom. The Morgan fingerprint density at radius 2 is 1.79 bits per heavy atom. The molecule has 12 nitrogen and oxygen atoms in total. The summed E-state index contributed by atoms with van der Waals surface area (Å²) in [6, 6.07) is 14.5. The highest BCUT2D eigenvalue weighted by atomic mass is 35.5. The van der Waals surface area contributed by atoms with E-state index in [0.717, 1.165) is 59.2 Å². The number of amides is 3. The van der Waals surface area contributed by atoms with Crippen molar-refractivity contribution in [1.82, 2.24) is 25.1 Å². The van der Waals surface area contributed by atoms with Gasteiger partial charge in [-0.3, -0.25) is 24.4 Å². The molecule has 2 aromatic carbocycles. The number of piperidine rings is 2. The Labute approximate surface area is 277 Å². The second-order valence-corrected chi connectivity index (χ2v) is 13.5. The number of carbonyl (C=O) groups is 3. The topological polar surface area (TPSA) is 129 Å². The van der Waals surface area contributed by atoms with Gasteiger partial charge < -0.3 is 20.0 Å². The molecule has 2 N–H and O–H groups in total. The number of benzene rings is 2. The molecule has 0 aliphatic carbocycles. The molecule has 47 heavy (non-hydrogen) atoms. The second kappa shape index (κ2) is 11.2. The van der Waals surface area contributed by atoms with E-state index < -0.39 is 12.0 Å². The van der Waals surface area contributed by atoms with Crippen LogP contribution >= 0.6 is 11.6 Å². The van der Waals surface area contributed by atoms with Crippen LogP contribution in [0.25, 0.3) is 10.9 Å². The van der Waals surface area contributed by atoms with Crippen LogP contribution in [0.1, 0.15) is 61.7 Å². The number of carbonyl (C=O) groups excluding carboxylic acids is 3. The maximum absolute atomic E-state index is 13.1. The van der Waals surface area contributed by atoms with Crippen molar-refractivity contribution in [2.24, 2.45) is 7.05 Å². The average molecular weight is 654 g/mol. The largest absolute Gasteiger partial charge is 0.365 e. The molecule has 0 saturated carbocycles. The Kier molecular flexibility index (Phi) is 7.08. The highest BCUT2D eigenvalue weighted by molar-refractivity contribution is 6.32. The number of fused-ring (bicyclic) bond motifs is 4. The quantitative estimate of drug-likeness (QED) is 0.293. The van der Waals surface area contributed by atoms with Crippen molar-refractivity contribution >= 4 is 63.4 Å². The van der Waals surface area contributed by atoms with Crippen LogP contribution in [0.5, 0.6) is 0 Å². The van der Waals surface area contributed by atoms with Gasteiger partial charge >= 0.3 is 0 Å². The predicted molar refractivity (Wildman–Crippen MR) is 180 cm³/mol. The zero-order chi connectivity index (χ0) is 32.6. The first-order chi connectivity index (χ1) is 22.7. The molecule has 3 fully saturated rings. The maximum atomic E-state index is 13.1. The van der Waals surface area contributed by atoms with Crippen LogP contribution in [0.15, 0.2) is 48.7 Å². The molecule has 13 heteroatoms. The van der Waals surface area contributed by atoms with Crippen molar-refractivity contribution in [2.75, 3.05) is 34.1 Å². The summed E-state index contributed by atoms with van der Waals surface area (Å²) >= 11 is 6.55. The Balaban J connectivity index is 1.00. The van der Waals surface area contributed by atoms with E-state index in [9.17, 15) is 14.4 Å². The normalized spacial score (nSPS) is 25.4. The molecule has 5 atom stereocenters. The number of aryl methyl sites for hydroxylation is 1. The number of halogens is 1. The lowest BCUT2D eigenvalue weighted by Crippen LogP contribution is -2.50. The van der Waals surface area contributed by atoms with Crippen LogP contribution in [0.4, 0.5) is 23.1 Å². The third-order valence-corrected chi connectivity index (χ3v) is 10.8. The van der Waals surface area contributed by atoms with E-state index in [0.29, 0.717) is 41.7 Å². The molecule has 2 bridgehead atoms. The lowest BCUT2D eigenvalue weighted by atomic mass is 9.92. The van der Waals surface area contributed by atoms with Crippen LogP contribution in [0, 0.1) is 0 Å². The van der Waals surface area contributed by atoms with Gasteiger partial charge in [-0.2, -0.15) is 10.1 Å². The van der Waals surface area contributed by atoms with Gasteiger partial charge in [-0.25, -0.2) is 4.98 Å². The highest BCUT2D eigenvalue weighted by Crippen LogP contribution is 2.43. The lowest BCUT2D eigenvalue weighted by Gasteiger charge is -2.43. The number of rotatable bonds is 6. The molecular formula is C34H36ClN9O3. The van der Waals surface area contributed by atoms with Crippen LogP contribution in [0.3, 0.4) is 0 Å². The van der Waals surface area contributed by atoms with Crippen molar-refractivity contribution in [3.8, 4) is 0 Å². The van der Waals surface area contributed by atoms with Crippen LogP contribution in [-0.4, -0.2) is 69.7 Å². The number of anilines is 4.